The molecule has 0 amide bonds. The average molecular weight is 341 g/mol. The number of nitrogens with one attached hydrogen (secondary N) is 1. The lowest BCUT2D eigenvalue weighted by molar-refractivity contribution is 0.0463. The maximum Gasteiger partial charge on any atom is 0.358 e. The largest absolute Gasteiger partial charge is 0.497 e. The normalized spacial score (nSPS) is 10.3. The van der Waals surface area contributed by atoms with E-state index in [9.17, 15) is 4.79 Å². The van der Waals surface area contributed by atoms with Crippen molar-refractivity contribution in [3.63, 3.8) is 0 Å². The van der Waals surface area contributed by atoms with E-state index in [0.29, 0.717) is 22.3 Å². The minimum Gasteiger partial charge on any atom is -0.497 e. The maximum absolute atomic E-state index is 11.8. The Balaban J connectivity index is 1.83. The predicted octanol–water partition coefficient (Wildman–Crippen LogP) is 3.30. The molecule has 5 nitrogen and oxygen atoms in total. The van der Waals surface area contributed by atoms with Crippen molar-refractivity contribution < 1.29 is 14.3 Å². The van der Waals surface area contributed by atoms with Crippen molar-refractivity contribution >= 4 is 29.2 Å². The first kappa shape index (κ1) is 16.5. The molecule has 2 rings (SSSR count). The molecule has 0 saturated heterocycles. The SMILES string of the molecule is COc1ccnc(C(=O)OCNCc2cccc(Cl)c2Cl)c1. The number of carbonyl (C=O) groups excluding carboxylic acids is 1. The van der Waals surface area contributed by atoms with Crippen molar-refractivity contribution in [2.45, 2.75) is 6.54 Å². The Hall–Kier alpha value is -1.82. The van der Waals surface area contributed by atoms with Crippen LogP contribution < -0.4 is 10.1 Å². The molecule has 116 valence electrons. The van der Waals surface area contributed by atoms with Crippen LogP contribution >= 0.6 is 23.2 Å². The lowest BCUT2D eigenvalue weighted by Crippen LogP contribution is -2.21. The summed E-state index contributed by atoms with van der Waals surface area (Å²) in [4.78, 5) is 15.7. The zero-order chi connectivity index (χ0) is 15.9. The Morgan fingerprint density at radius 3 is 2.91 bits per heavy atom. The van der Waals surface area contributed by atoms with Gasteiger partial charge in [0.15, 0.2) is 5.69 Å². The van der Waals surface area contributed by atoms with E-state index in [1.165, 1.54) is 19.4 Å². The Morgan fingerprint density at radius 1 is 1.32 bits per heavy atom. The summed E-state index contributed by atoms with van der Waals surface area (Å²) in [6.07, 6.45) is 1.48. The Labute approximate surface area is 138 Å². The summed E-state index contributed by atoms with van der Waals surface area (Å²) in [7, 11) is 1.51. The number of methoxy groups -OCH3 is 1. The van der Waals surface area contributed by atoms with Gasteiger partial charge in [0, 0.05) is 18.8 Å². The van der Waals surface area contributed by atoms with Gasteiger partial charge >= 0.3 is 5.97 Å². The quantitative estimate of drug-likeness (QED) is 0.496. The summed E-state index contributed by atoms with van der Waals surface area (Å²) < 4.78 is 10.1. The van der Waals surface area contributed by atoms with Crippen LogP contribution in [0.2, 0.25) is 10.0 Å². The van der Waals surface area contributed by atoms with Crippen LogP contribution in [0.5, 0.6) is 5.75 Å². The molecule has 0 fully saturated rings. The summed E-state index contributed by atoms with van der Waals surface area (Å²) in [5, 5.41) is 3.92. The number of rotatable bonds is 6. The van der Waals surface area contributed by atoms with Crippen molar-refractivity contribution in [2.24, 2.45) is 0 Å². The smallest absolute Gasteiger partial charge is 0.358 e. The molecule has 0 radical (unpaired) electrons. The Morgan fingerprint density at radius 2 is 2.14 bits per heavy atom. The lowest BCUT2D eigenvalue weighted by Gasteiger charge is -2.09. The van der Waals surface area contributed by atoms with Crippen molar-refractivity contribution in [3.8, 4) is 5.75 Å². The highest BCUT2D eigenvalue weighted by Gasteiger charge is 2.10. The molecule has 2 aromatic rings. The molecule has 0 atom stereocenters. The number of hydrogen-bond donors (Lipinski definition) is 1. The molecular weight excluding hydrogens is 327 g/mol. The van der Waals surface area contributed by atoms with Gasteiger partial charge in [-0.05, 0) is 17.7 Å². The molecule has 22 heavy (non-hydrogen) atoms. The van der Waals surface area contributed by atoms with Crippen LogP contribution in [0.25, 0.3) is 0 Å². The predicted molar refractivity (Wildman–Crippen MR) is 84.4 cm³/mol. The molecule has 1 heterocycles. The van der Waals surface area contributed by atoms with E-state index < -0.39 is 5.97 Å². The number of aromatic nitrogens is 1. The number of esters is 1. The van der Waals surface area contributed by atoms with Crippen LogP contribution in [0, 0.1) is 0 Å². The summed E-state index contributed by atoms with van der Waals surface area (Å²) in [5.41, 5.74) is 1.01. The highest BCUT2D eigenvalue weighted by atomic mass is 35.5. The molecule has 1 aromatic heterocycles. The monoisotopic (exact) mass is 340 g/mol. The molecule has 0 bridgehead atoms. The van der Waals surface area contributed by atoms with E-state index >= 15 is 0 Å². The van der Waals surface area contributed by atoms with Gasteiger partial charge in [0.05, 0.1) is 17.2 Å². The third-order valence-electron chi connectivity index (χ3n) is 2.83. The molecule has 1 N–H and O–H groups in total. The van der Waals surface area contributed by atoms with Crippen LogP contribution in [0.1, 0.15) is 16.1 Å². The average Bonchev–Trinajstić information content (AvgIpc) is 2.55. The topological polar surface area (TPSA) is 60.5 Å². The van der Waals surface area contributed by atoms with Gasteiger partial charge in [0.2, 0.25) is 0 Å². The van der Waals surface area contributed by atoms with Crippen LogP contribution in [-0.4, -0.2) is 24.8 Å². The van der Waals surface area contributed by atoms with Crippen molar-refractivity contribution in [2.75, 3.05) is 13.8 Å². The van der Waals surface area contributed by atoms with E-state index in [-0.39, 0.29) is 12.4 Å². The summed E-state index contributed by atoms with van der Waals surface area (Å²) in [6.45, 7) is 0.457. The number of benzene rings is 1. The van der Waals surface area contributed by atoms with Gasteiger partial charge in [-0.1, -0.05) is 35.3 Å². The molecule has 0 aliphatic carbocycles. The van der Waals surface area contributed by atoms with Gasteiger partial charge in [0.1, 0.15) is 12.5 Å². The van der Waals surface area contributed by atoms with Crippen LogP contribution in [0.4, 0.5) is 0 Å². The molecule has 0 aliphatic heterocycles. The van der Waals surface area contributed by atoms with E-state index in [4.69, 9.17) is 32.7 Å². The zero-order valence-electron chi connectivity index (χ0n) is 11.8. The number of hydrogen-bond acceptors (Lipinski definition) is 5. The second kappa shape index (κ2) is 7.98. The van der Waals surface area contributed by atoms with Crippen molar-refractivity contribution in [3.05, 3.63) is 57.8 Å². The number of nitrogens with zero attached hydrogens (tertiary/aromatic N) is 1. The minimum absolute atomic E-state index is 0.0283. The first-order valence-electron chi connectivity index (χ1n) is 6.42. The highest BCUT2D eigenvalue weighted by molar-refractivity contribution is 6.42. The second-order valence-electron chi connectivity index (χ2n) is 4.30. The van der Waals surface area contributed by atoms with Crippen LogP contribution in [0.15, 0.2) is 36.5 Å². The molecular formula is C15H14Cl2N2O3. The summed E-state index contributed by atoms with van der Waals surface area (Å²) in [5.74, 6) is 0.00390. The molecule has 1 aromatic carbocycles. The number of carbonyl (C=O) groups is 1. The molecule has 7 heteroatoms. The highest BCUT2D eigenvalue weighted by Crippen LogP contribution is 2.25. The van der Waals surface area contributed by atoms with Gasteiger partial charge in [0.25, 0.3) is 0 Å². The molecule has 0 aliphatic rings. The summed E-state index contributed by atoms with van der Waals surface area (Å²) >= 11 is 12.0. The van der Waals surface area contributed by atoms with E-state index in [0.717, 1.165) is 5.56 Å². The molecule has 0 spiro atoms. The first-order valence-corrected chi connectivity index (χ1v) is 7.18. The zero-order valence-corrected chi connectivity index (χ0v) is 13.3. The minimum atomic E-state index is -0.538. The van der Waals surface area contributed by atoms with E-state index in [2.05, 4.69) is 10.3 Å². The lowest BCUT2D eigenvalue weighted by atomic mass is 10.2. The fourth-order valence-electron chi connectivity index (χ4n) is 1.71. The number of pyridine rings is 1. The fourth-order valence-corrected chi connectivity index (χ4v) is 2.10. The van der Waals surface area contributed by atoms with Gasteiger partial charge < -0.3 is 9.47 Å². The van der Waals surface area contributed by atoms with E-state index in [1.54, 1.807) is 18.2 Å². The van der Waals surface area contributed by atoms with Crippen molar-refractivity contribution in [1.29, 1.82) is 0 Å². The number of halogens is 2. The Kier molecular flexibility index (Phi) is 6.00. The Bertz CT molecular complexity index is 665. The fraction of sp³-hybridized carbons (Fsp3) is 0.200. The molecule has 0 saturated carbocycles. The second-order valence-corrected chi connectivity index (χ2v) is 5.08. The van der Waals surface area contributed by atoms with Crippen LogP contribution in [-0.2, 0) is 11.3 Å². The molecule has 0 unspecified atom stereocenters. The number of ether oxygens (including phenoxy) is 2. The third kappa shape index (κ3) is 4.34. The van der Waals surface area contributed by atoms with Crippen LogP contribution in [0.3, 0.4) is 0 Å². The first-order chi connectivity index (χ1) is 10.6. The summed E-state index contributed by atoms with van der Waals surface area (Å²) in [6, 6.07) is 8.51. The van der Waals surface area contributed by atoms with E-state index in [1.807, 2.05) is 6.07 Å². The van der Waals surface area contributed by atoms with Gasteiger partial charge in [-0.3, -0.25) is 5.32 Å². The van der Waals surface area contributed by atoms with Gasteiger partial charge in [-0.2, -0.15) is 0 Å². The maximum atomic E-state index is 11.8. The van der Waals surface area contributed by atoms with Crippen molar-refractivity contribution in [1.82, 2.24) is 10.3 Å². The van der Waals surface area contributed by atoms with Gasteiger partial charge in [-0.25, -0.2) is 9.78 Å². The van der Waals surface area contributed by atoms with Gasteiger partial charge in [-0.15, -0.1) is 0 Å². The standard InChI is InChI=1S/C15H14Cl2N2O3/c1-21-11-5-6-19-13(7-11)15(20)22-9-18-8-10-3-2-4-12(16)14(10)17/h2-7,18H,8-9H2,1H3. The third-order valence-corrected chi connectivity index (χ3v) is 3.69.